The Labute approximate surface area is 132 Å². The van der Waals surface area contributed by atoms with E-state index < -0.39 is 11.7 Å². The lowest BCUT2D eigenvalue weighted by Gasteiger charge is -2.16. The Hall–Kier alpha value is -2.81. The minimum absolute atomic E-state index is 0.131. The summed E-state index contributed by atoms with van der Waals surface area (Å²) in [7, 11) is 1.48. The highest BCUT2D eigenvalue weighted by Gasteiger charge is 2.16. The zero-order valence-electron chi connectivity index (χ0n) is 13.0. The van der Waals surface area contributed by atoms with Crippen LogP contribution in [0.1, 0.15) is 13.8 Å². The van der Waals surface area contributed by atoms with Gasteiger partial charge in [0.1, 0.15) is 6.61 Å². The molecular weight excluding hydrogens is 302 g/mol. The van der Waals surface area contributed by atoms with Crippen LogP contribution in [0.5, 0.6) is 6.01 Å². The molecule has 0 aromatic carbocycles. The van der Waals surface area contributed by atoms with E-state index in [1.54, 1.807) is 12.4 Å². The molecule has 2 aromatic rings. The van der Waals surface area contributed by atoms with Crippen LogP contribution in [0.2, 0.25) is 0 Å². The molecule has 0 radical (unpaired) electrons. The number of amides is 1. The van der Waals surface area contributed by atoms with E-state index in [1.807, 2.05) is 0 Å². The first-order chi connectivity index (χ1) is 10.9. The van der Waals surface area contributed by atoms with E-state index in [1.165, 1.54) is 33.4 Å². The molecule has 0 bridgehead atoms. The number of aliphatic hydroxyl groups is 1. The molecule has 0 fully saturated rings. The maximum Gasteiger partial charge on any atom is 0.412 e. The standard InChI is InChI=1S/C14H17N5O4/c1-14(2,21)8-23-13(20)19-11-7-15-10(6-16-11)9-4-17-12(22-3)18-5-9/h4-7,21H,8H2,1-3H3,(H,16,19,20). The largest absolute Gasteiger partial charge is 0.467 e. The first-order valence-electron chi connectivity index (χ1n) is 6.72. The molecule has 9 nitrogen and oxygen atoms in total. The number of rotatable bonds is 5. The number of hydrogen-bond donors (Lipinski definition) is 2. The lowest BCUT2D eigenvalue weighted by molar-refractivity contribution is 0.0107. The van der Waals surface area contributed by atoms with Gasteiger partial charge < -0.3 is 14.6 Å². The predicted octanol–water partition coefficient (Wildman–Crippen LogP) is 1.26. The number of nitrogens with one attached hydrogen (secondary N) is 1. The summed E-state index contributed by atoms with van der Waals surface area (Å²) in [5.74, 6) is 0.226. The van der Waals surface area contributed by atoms with Gasteiger partial charge in [-0.05, 0) is 13.8 Å². The Morgan fingerprint density at radius 1 is 1.17 bits per heavy atom. The number of aromatic nitrogens is 4. The maximum absolute atomic E-state index is 11.5. The highest BCUT2D eigenvalue weighted by molar-refractivity contribution is 5.83. The molecule has 1 amide bonds. The molecule has 0 saturated carbocycles. The summed E-state index contributed by atoms with van der Waals surface area (Å²) in [4.78, 5) is 27.7. The third kappa shape index (κ3) is 5.15. The second kappa shape index (κ2) is 6.97. The SMILES string of the molecule is COc1ncc(-c2cnc(NC(=O)OCC(C)(C)O)cn2)cn1. The Morgan fingerprint density at radius 3 is 2.39 bits per heavy atom. The Balaban J connectivity index is 1.97. The fraction of sp³-hybridized carbons (Fsp3) is 0.357. The molecule has 23 heavy (non-hydrogen) atoms. The van der Waals surface area contributed by atoms with Crippen LogP contribution < -0.4 is 10.1 Å². The third-order valence-corrected chi connectivity index (χ3v) is 2.54. The van der Waals surface area contributed by atoms with Crippen molar-refractivity contribution in [3.05, 3.63) is 24.8 Å². The topological polar surface area (TPSA) is 119 Å². The van der Waals surface area contributed by atoms with E-state index in [0.717, 1.165) is 0 Å². The minimum atomic E-state index is -1.10. The fourth-order valence-electron chi connectivity index (χ4n) is 1.48. The summed E-state index contributed by atoms with van der Waals surface area (Å²) >= 11 is 0. The predicted molar refractivity (Wildman–Crippen MR) is 80.9 cm³/mol. The second-order valence-corrected chi connectivity index (χ2v) is 5.26. The maximum atomic E-state index is 11.5. The van der Waals surface area contributed by atoms with Crippen LogP contribution in [-0.2, 0) is 4.74 Å². The van der Waals surface area contributed by atoms with Gasteiger partial charge in [0, 0.05) is 18.0 Å². The third-order valence-electron chi connectivity index (χ3n) is 2.54. The van der Waals surface area contributed by atoms with Crippen molar-refractivity contribution in [2.45, 2.75) is 19.4 Å². The number of methoxy groups -OCH3 is 1. The van der Waals surface area contributed by atoms with Gasteiger partial charge >= 0.3 is 12.1 Å². The van der Waals surface area contributed by atoms with Gasteiger partial charge in [-0.3, -0.25) is 10.3 Å². The first kappa shape index (κ1) is 16.6. The Kier molecular flexibility index (Phi) is 5.02. The van der Waals surface area contributed by atoms with Crippen molar-refractivity contribution in [1.29, 1.82) is 0 Å². The normalized spacial score (nSPS) is 11.0. The van der Waals surface area contributed by atoms with Crippen molar-refractivity contribution >= 4 is 11.9 Å². The number of ether oxygens (including phenoxy) is 2. The van der Waals surface area contributed by atoms with Crippen LogP contribution in [0.3, 0.4) is 0 Å². The van der Waals surface area contributed by atoms with Crippen LogP contribution in [-0.4, -0.2) is 50.5 Å². The molecule has 2 N–H and O–H groups in total. The molecule has 2 rings (SSSR count). The second-order valence-electron chi connectivity index (χ2n) is 5.26. The molecule has 0 saturated heterocycles. The monoisotopic (exact) mass is 319 g/mol. The van der Waals surface area contributed by atoms with E-state index in [2.05, 4.69) is 25.3 Å². The lowest BCUT2D eigenvalue weighted by atomic mass is 10.2. The van der Waals surface area contributed by atoms with Crippen molar-refractivity contribution in [2.75, 3.05) is 19.0 Å². The summed E-state index contributed by atoms with van der Waals surface area (Å²) < 4.78 is 9.73. The van der Waals surface area contributed by atoms with Gasteiger partial charge in [-0.2, -0.15) is 0 Å². The minimum Gasteiger partial charge on any atom is -0.467 e. The molecule has 122 valence electrons. The van der Waals surface area contributed by atoms with E-state index in [0.29, 0.717) is 11.3 Å². The summed E-state index contributed by atoms with van der Waals surface area (Å²) in [6.07, 6.45) is 5.24. The molecule has 0 aliphatic heterocycles. The number of anilines is 1. The zero-order chi connectivity index (χ0) is 16.9. The summed E-state index contributed by atoms with van der Waals surface area (Å²) in [5.41, 5.74) is 0.110. The molecular formula is C14H17N5O4. The van der Waals surface area contributed by atoms with Gasteiger partial charge in [0.2, 0.25) is 0 Å². The smallest absolute Gasteiger partial charge is 0.412 e. The fourth-order valence-corrected chi connectivity index (χ4v) is 1.48. The number of hydrogen-bond acceptors (Lipinski definition) is 8. The average Bonchev–Trinajstić information content (AvgIpc) is 2.53. The highest BCUT2D eigenvalue weighted by Crippen LogP contribution is 2.16. The van der Waals surface area contributed by atoms with Crippen LogP contribution in [0.15, 0.2) is 24.8 Å². The van der Waals surface area contributed by atoms with Crippen molar-refractivity contribution in [1.82, 2.24) is 19.9 Å². The summed E-state index contributed by atoms with van der Waals surface area (Å²) in [6.45, 7) is 2.94. The highest BCUT2D eigenvalue weighted by atomic mass is 16.6. The Bertz CT molecular complexity index is 652. The molecule has 0 unspecified atom stereocenters. The molecule has 0 aliphatic carbocycles. The van der Waals surface area contributed by atoms with Crippen molar-refractivity contribution < 1.29 is 19.4 Å². The van der Waals surface area contributed by atoms with Crippen LogP contribution in [0.4, 0.5) is 10.6 Å². The quantitative estimate of drug-likeness (QED) is 0.845. The van der Waals surface area contributed by atoms with E-state index >= 15 is 0 Å². The number of nitrogens with zero attached hydrogens (tertiary/aromatic N) is 4. The molecule has 0 spiro atoms. The van der Waals surface area contributed by atoms with Crippen LogP contribution in [0.25, 0.3) is 11.3 Å². The molecule has 2 heterocycles. The lowest BCUT2D eigenvalue weighted by Crippen LogP contribution is -2.29. The number of carbonyl (C=O) groups is 1. The van der Waals surface area contributed by atoms with Gasteiger partial charge in [0.15, 0.2) is 5.82 Å². The van der Waals surface area contributed by atoms with E-state index in [9.17, 15) is 9.90 Å². The van der Waals surface area contributed by atoms with Gasteiger partial charge in [-0.25, -0.2) is 19.7 Å². The molecule has 2 aromatic heterocycles. The van der Waals surface area contributed by atoms with Crippen LogP contribution >= 0.6 is 0 Å². The molecule has 0 aliphatic rings. The summed E-state index contributed by atoms with van der Waals surface area (Å²) in [6, 6.07) is 0.259. The zero-order valence-corrected chi connectivity index (χ0v) is 13.0. The van der Waals surface area contributed by atoms with Gasteiger partial charge in [0.25, 0.3) is 0 Å². The van der Waals surface area contributed by atoms with Crippen molar-refractivity contribution in [3.8, 4) is 17.3 Å². The van der Waals surface area contributed by atoms with Gasteiger partial charge in [-0.1, -0.05) is 0 Å². The summed E-state index contributed by atoms with van der Waals surface area (Å²) in [5, 5.41) is 11.9. The molecule has 9 heteroatoms. The first-order valence-corrected chi connectivity index (χ1v) is 6.72. The average molecular weight is 319 g/mol. The molecule has 0 atom stereocenters. The van der Waals surface area contributed by atoms with Gasteiger partial charge in [0.05, 0.1) is 30.8 Å². The van der Waals surface area contributed by atoms with E-state index in [4.69, 9.17) is 9.47 Å². The number of carbonyl (C=O) groups excluding carboxylic acids is 1. The van der Waals surface area contributed by atoms with Crippen LogP contribution in [0, 0.1) is 0 Å². The Morgan fingerprint density at radius 2 is 1.87 bits per heavy atom. The van der Waals surface area contributed by atoms with E-state index in [-0.39, 0.29) is 18.4 Å². The van der Waals surface area contributed by atoms with Crippen molar-refractivity contribution in [3.63, 3.8) is 0 Å². The van der Waals surface area contributed by atoms with Crippen molar-refractivity contribution in [2.24, 2.45) is 0 Å². The van der Waals surface area contributed by atoms with Gasteiger partial charge in [-0.15, -0.1) is 0 Å².